The van der Waals surface area contributed by atoms with Gasteiger partial charge in [-0.15, -0.1) is 0 Å². The molecule has 0 amide bonds. The molecule has 1 fully saturated rings. The Morgan fingerprint density at radius 2 is 1.84 bits per heavy atom. The van der Waals surface area contributed by atoms with Crippen LogP contribution in [0.15, 0.2) is 15.8 Å². The first-order chi connectivity index (χ1) is 14.6. The molecule has 5 atom stereocenters. The molecule has 0 aliphatic carbocycles. The molecule has 0 radical (unpaired) electrons. The van der Waals surface area contributed by atoms with Crippen LogP contribution in [0.25, 0.3) is 0 Å². The zero-order valence-electron chi connectivity index (χ0n) is 15.7. The third kappa shape index (κ3) is 7.84. The first-order valence-electron chi connectivity index (χ1n) is 8.29. The summed E-state index contributed by atoms with van der Waals surface area (Å²) < 4.78 is 51.4. The molecule has 0 saturated carbocycles. The minimum Gasteiger partial charge on any atom is -0.390 e. The number of phosphoric acid groups is 3. The molecule has 2 heterocycles. The third-order valence-electron chi connectivity index (χ3n) is 3.63. The Hall–Kier alpha value is -1.47. The van der Waals surface area contributed by atoms with Crippen molar-refractivity contribution in [1.82, 2.24) is 9.55 Å². The van der Waals surface area contributed by atoms with Crippen LogP contribution < -0.4 is 17.0 Å². The standard InChI is InChI=1S/C12H18N3O14P3/c13-3-1-2-7-5-15(12(18)14-11(7)17)10-4-8(16)9(27-10)6-26-31(22,23)29-32(24,25)28-30(19,20)21/h5,8-10,16H,3-4,6,13H2,(H,22,23)(H,24,25)(H,14,17,18)(H2,19,20,21)/t8-,9+,10+/m0/s1. The average molecular weight is 521 g/mol. The Labute approximate surface area is 178 Å². The monoisotopic (exact) mass is 521 g/mol. The molecule has 0 aromatic carbocycles. The van der Waals surface area contributed by atoms with Gasteiger partial charge in [0.15, 0.2) is 0 Å². The predicted molar refractivity (Wildman–Crippen MR) is 102 cm³/mol. The van der Waals surface area contributed by atoms with E-state index in [9.17, 15) is 33.3 Å². The number of aromatic nitrogens is 2. The number of ether oxygens (including phenoxy) is 1. The van der Waals surface area contributed by atoms with Crippen molar-refractivity contribution in [1.29, 1.82) is 0 Å². The summed E-state index contributed by atoms with van der Waals surface area (Å²) in [7, 11) is -16.7. The predicted octanol–water partition coefficient (Wildman–Crippen LogP) is -2.16. The first kappa shape index (κ1) is 26.8. The normalized spacial score (nSPS) is 24.9. The van der Waals surface area contributed by atoms with E-state index in [1.807, 2.05) is 4.98 Å². The van der Waals surface area contributed by atoms with E-state index < -0.39 is 59.8 Å². The van der Waals surface area contributed by atoms with Crippen molar-refractivity contribution < 1.29 is 56.3 Å². The van der Waals surface area contributed by atoms with Crippen molar-refractivity contribution in [2.75, 3.05) is 13.2 Å². The Balaban J connectivity index is 2.09. The van der Waals surface area contributed by atoms with Gasteiger partial charge in [-0.25, -0.2) is 18.5 Å². The number of aliphatic hydroxyl groups is 1. The topological polar surface area (TPSA) is 270 Å². The number of nitrogens with zero attached hydrogens (tertiary/aromatic N) is 1. The fraction of sp³-hybridized carbons (Fsp3) is 0.500. The van der Waals surface area contributed by atoms with Crippen LogP contribution in [0.4, 0.5) is 0 Å². The molecule has 8 N–H and O–H groups in total. The van der Waals surface area contributed by atoms with Crippen molar-refractivity contribution >= 4 is 23.5 Å². The van der Waals surface area contributed by atoms with E-state index in [0.717, 1.165) is 10.8 Å². The Kier molecular flexibility index (Phi) is 8.54. The zero-order chi connectivity index (χ0) is 24.3. The van der Waals surface area contributed by atoms with Crippen molar-refractivity contribution in [2.45, 2.75) is 24.9 Å². The lowest BCUT2D eigenvalue weighted by Gasteiger charge is -2.19. The molecule has 1 saturated heterocycles. The van der Waals surface area contributed by atoms with Gasteiger partial charge >= 0.3 is 29.2 Å². The van der Waals surface area contributed by atoms with Gasteiger partial charge < -0.3 is 35.2 Å². The van der Waals surface area contributed by atoms with Crippen molar-refractivity contribution in [2.24, 2.45) is 5.73 Å². The number of nitrogens with one attached hydrogen (secondary N) is 1. The minimum atomic E-state index is -5.70. The third-order valence-corrected chi connectivity index (χ3v) is 7.43. The fourth-order valence-corrected chi connectivity index (χ4v) is 5.47. The minimum absolute atomic E-state index is 0.0557. The van der Waals surface area contributed by atoms with E-state index in [4.69, 9.17) is 25.2 Å². The van der Waals surface area contributed by atoms with Crippen molar-refractivity contribution in [3.8, 4) is 11.8 Å². The van der Waals surface area contributed by atoms with Gasteiger partial charge in [0.2, 0.25) is 0 Å². The van der Waals surface area contributed by atoms with E-state index in [-0.39, 0.29) is 18.5 Å². The van der Waals surface area contributed by atoms with Gasteiger partial charge in [0.1, 0.15) is 17.9 Å². The molecule has 20 heteroatoms. The average Bonchev–Trinajstić information content (AvgIpc) is 2.97. The lowest BCUT2D eigenvalue weighted by atomic mass is 10.2. The van der Waals surface area contributed by atoms with Crippen LogP contribution in [-0.2, 0) is 31.6 Å². The number of H-pyrrole nitrogens is 1. The lowest BCUT2D eigenvalue weighted by molar-refractivity contribution is -0.0450. The molecular weight excluding hydrogens is 503 g/mol. The van der Waals surface area contributed by atoms with Gasteiger partial charge in [-0.05, 0) is 0 Å². The summed E-state index contributed by atoms with van der Waals surface area (Å²) >= 11 is 0. The van der Waals surface area contributed by atoms with Crippen molar-refractivity contribution in [3.05, 3.63) is 32.6 Å². The van der Waals surface area contributed by atoms with Crippen LogP contribution in [-0.4, -0.2) is 59.6 Å². The number of aliphatic hydroxyl groups excluding tert-OH is 1. The highest BCUT2D eigenvalue weighted by atomic mass is 31.3. The number of phosphoric ester groups is 1. The van der Waals surface area contributed by atoms with Crippen LogP contribution in [0.3, 0.4) is 0 Å². The van der Waals surface area contributed by atoms with E-state index >= 15 is 0 Å². The summed E-state index contributed by atoms with van der Waals surface area (Å²) in [6.07, 6.45) is -3.07. The van der Waals surface area contributed by atoms with Gasteiger partial charge in [0, 0.05) is 12.6 Å². The summed E-state index contributed by atoms with van der Waals surface area (Å²) in [5.41, 5.74) is 3.42. The van der Waals surface area contributed by atoms with Crippen LogP contribution in [0.1, 0.15) is 18.2 Å². The van der Waals surface area contributed by atoms with E-state index in [1.54, 1.807) is 0 Å². The maximum atomic E-state index is 12.1. The Morgan fingerprint density at radius 1 is 1.19 bits per heavy atom. The van der Waals surface area contributed by atoms with Crippen LogP contribution in [0, 0.1) is 11.8 Å². The molecule has 0 bridgehead atoms. The highest BCUT2D eigenvalue weighted by Crippen LogP contribution is 2.66. The second-order valence-electron chi connectivity index (χ2n) is 6.03. The number of hydrogen-bond acceptors (Lipinski definition) is 11. The second kappa shape index (κ2) is 10.2. The molecule has 1 aromatic heterocycles. The fourth-order valence-electron chi connectivity index (χ4n) is 2.44. The van der Waals surface area contributed by atoms with Crippen LogP contribution >= 0.6 is 23.5 Å². The lowest BCUT2D eigenvalue weighted by Crippen LogP contribution is -2.33. The summed E-state index contributed by atoms with van der Waals surface area (Å²) in [5, 5.41) is 10.1. The van der Waals surface area contributed by atoms with E-state index in [1.165, 1.54) is 0 Å². The Morgan fingerprint density at radius 3 is 2.44 bits per heavy atom. The number of rotatable bonds is 8. The van der Waals surface area contributed by atoms with Gasteiger partial charge in [-0.1, -0.05) is 11.8 Å². The van der Waals surface area contributed by atoms with Crippen LogP contribution in [0.2, 0.25) is 0 Å². The molecule has 2 rings (SSSR count). The van der Waals surface area contributed by atoms with Gasteiger partial charge in [-0.2, -0.15) is 8.62 Å². The molecule has 180 valence electrons. The maximum absolute atomic E-state index is 12.1. The highest BCUT2D eigenvalue weighted by Gasteiger charge is 2.43. The molecule has 1 aliphatic heterocycles. The molecule has 1 aromatic rings. The molecule has 17 nitrogen and oxygen atoms in total. The van der Waals surface area contributed by atoms with Crippen molar-refractivity contribution in [3.63, 3.8) is 0 Å². The molecule has 2 unspecified atom stereocenters. The van der Waals surface area contributed by atoms with Gasteiger partial charge in [-0.3, -0.25) is 18.9 Å². The van der Waals surface area contributed by atoms with Crippen LogP contribution in [0.5, 0.6) is 0 Å². The Bertz CT molecular complexity index is 1160. The largest absolute Gasteiger partial charge is 0.490 e. The molecule has 0 spiro atoms. The maximum Gasteiger partial charge on any atom is 0.490 e. The number of aromatic amines is 1. The summed E-state index contributed by atoms with van der Waals surface area (Å²) in [5.74, 6) is 4.87. The zero-order valence-corrected chi connectivity index (χ0v) is 18.4. The number of nitrogens with two attached hydrogens (primary N) is 1. The number of hydrogen-bond donors (Lipinski definition) is 7. The quantitative estimate of drug-likeness (QED) is 0.142. The van der Waals surface area contributed by atoms with E-state index in [0.29, 0.717) is 0 Å². The molecule has 32 heavy (non-hydrogen) atoms. The van der Waals surface area contributed by atoms with Gasteiger partial charge in [0.05, 0.1) is 19.3 Å². The van der Waals surface area contributed by atoms with Gasteiger partial charge in [0.25, 0.3) is 5.56 Å². The summed E-state index contributed by atoms with van der Waals surface area (Å²) in [6.45, 7) is -0.973. The second-order valence-corrected chi connectivity index (χ2v) is 10.5. The van der Waals surface area contributed by atoms with E-state index in [2.05, 4.69) is 25.0 Å². The summed E-state index contributed by atoms with van der Waals surface area (Å²) in [6, 6.07) is 0. The molecule has 1 aliphatic rings. The highest BCUT2D eigenvalue weighted by molar-refractivity contribution is 7.66. The summed E-state index contributed by atoms with van der Waals surface area (Å²) in [4.78, 5) is 61.3. The first-order valence-corrected chi connectivity index (χ1v) is 12.8. The molecular formula is C12H18N3O14P3. The smallest absolute Gasteiger partial charge is 0.390 e. The SMILES string of the molecule is NCC#Cc1cn([C@H]2C[C@H](O)[C@@H](COP(=O)(O)OP(=O)(O)OP(=O)(O)O)O2)c(=O)[nH]c1=O.